The number of rotatable bonds is 2. The van der Waals surface area contributed by atoms with Crippen molar-refractivity contribution in [3.8, 4) is 0 Å². The molecular weight excluding hydrogens is 234 g/mol. The van der Waals surface area contributed by atoms with Gasteiger partial charge in [-0.2, -0.15) is 0 Å². The van der Waals surface area contributed by atoms with E-state index in [1.807, 2.05) is 0 Å². The summed E-state index contributed by atoms with van der Waals surface area (Å²) >= 11 is 0. The van der Waals surface area contributed by atoms with Gasteiger partial charge in [0.25, 0.3) is 0 Å². The van der Waals surface area contributed by atoms with E-state index in [4.69, 9.17) is 0 Å². The van der Waals surface area contributed by atoms with E-state index in [1.54, 1.807) is 0 Å². The van der Waals surface area contributed by atoms with Gasteiger partial charge in [0.05, 0.1) is 18.5 Å². The summed E-state index contributed by atoms with van der Waals surface area (Å²) in [5, 5.41) is 0. The minimum Gasteiger partial charge on any atom is -0.465 e. The third kappa shape index (κ3) is 2.31. The molecule has 1 aromatic carbocycles. The molecule has 1 rings (SSSR count). The molecule has 0 aliphatic heterocycles. The summed E-state index contributed by atoms with van der Waals surface area (Å²) in [7, 11) is 0.904. The van der Waals surface area contributed by atoms with E-state index in [0.29, 0.717) is 0 Å². The second kappa shape index (κ2) is 4.11. The SMILES string of the molecule is COC(=O)c1cc(F)c([B-](F)(F)F)cc1F. The van der Waals surface area contributed by atoms with Crippen LogP contribution in [-0.2, 0) is 4.74 Å². The van der Waals surface area contributed by atoms with E-state index >= 15 is 0 Å². The second-order valence-corrected chi connectivity index (χ2v) is 2.92. The molecule has 0 saturated carbocycles. The van der Waals surface area contributed by atoms with Gasteiger partial charge in [0.2, 0.25) is 0 Å². The van der Waals surface area contributed by atoms with Crippen LogP contribution in [0.25, 0.3) is 0 Å². The van der Waals surface area contributed by atoms with Crippen molar-refractivity contribution in [3.05, 3.63) is 29.3 Å². The van der Waals surface area contributed by atoms with E-state index in [1.165, 1.54) is 0 Å². The topological polar surface area (TPSA) is 26.3 Å². The van der Waals surface area contributed by atoms with Gasteiger partial charge in [-0.1, -0.05) is 5.46 Å². The fraction of sp³-hybridized carbons (Fsp3) is 0.125. The van der Waals surface area contributed by atoms with Gasteiger partial charge in [0.1, 0.15) is 5.82 Å². The van der Waals surface area contributed by atoms with Crippen molar-refractivity contribution in [1.29, 1.82) is 0 Å². The van der Waals surface area contributed by atoms with E-state index in [-0.39, 0.29) is 12.1 Å². The maximum absolute atomic E-state index is 13.0. The molecule has 0 heterocycles. The molecule has 1 aromatic rings. The van der Waals surface area contributed by atoms with Crippen molar-refractivity contribution in [3.63, 3.8) is 0 Å². The van der Waals surface area contributed by atoms with Crippen LogP contribution >= 0.6 is 0 Å². The molecule has 0 N–H and O–H groups in total. The molecule has 0 aliphatic rings. The summed E-state index contributed by atoms with van der Waals surface area (Å²) in [6, 6.07) is 0.118. The molecule has 0 saturated heterocycles. The molecule has 0 unspecified atom stereocenters. The van der Waals surface area contributed by atoms with Crippen LogP contribution in [0.2, 0.25) is 0 Å². The molecular formula is C8H5BF5O2-. The third-order valence-corrected chi connectivity index (χ3v) is 1.84. The molecule has 0 bridgehead atoms. The molecule has 8 heteroatoms. The minimum absolute atomic E-state index is 0.0540. The van der Waals surface area contributed by atoms with Crippen molar-refractivity contribution in [2.75, 3.05) is 7.11 Å². The lowest BCUT2D eigenvalue weighted by atomic mass is 9.79. The number of halogens is 5. The summed E-state index contributed by atoms with van der Waals surface area (Å²) in [5.74, 6) is -4.41. The highest BCUT2D eigenvalue weighted by Gasteiger charge is 2.31. The quantitative estimate of drug-likeness (QED) is 0.446. The van der Waals surface area contributed by atoms with Crippen LogP contribution in [-0.4, -0.2) is 20.1 Å². The first-order valence-electron chi connectivity index (χ1n) is 4.04. The van der Waals surface area contributed by atoms with Crippen LogP contribution in [0.4, 0.5) is 21.7 Å². The third-order valence-electron chi connectivity index (χ3n) is 1.84. The van der Waals surface area contributed by atoms with Crippen molar-refractivity contribution in [1.82, 2.24) is 0 Å². The first-order chi connectivity index (χ1) is 7.27. The number of hydrogen-bond donors (Lipinski definition) is 0. The Labute approximate surface area is 87.1 Å². The first-order valence-corrected chi connectivity index (χ1v) is 4.04. The summed E-state index contributed by atoms with van der Waals surface area (Å²) in [6.07, 6.45) is 0. The van der Waals surface area contributed by atoms with E-state index in [9.17, 15) is 26.5 Å². The van der Waals surface area contributed by atoms with Crippen LogP contribution in [0.15, 0.2) is 12.1 Å². The van der Waals surface area contributed by atoms with Gasteiger partial charge in [-0.05, 0) is 12.1 Å². The number of benzene rings is 1. The molecule has 88 valence electrons. The largest absolute Gasteiger partial charge is 0.512 e. The van der Waals surface area contributed by atoms with Gasteiger partial charge in [0.15, 0.2) is 0 Å². The number of hydrogen-bond acceptors (Lipinski definition) is 2. The molecule has 0 radical (unpaired) electrons. The molecule has 0 spiro atoms. The Hall–Kier alpha value is -1.60. The molecule has 0 amide bonds. The van der Waals surface area contributed by atoms with Gasteiger partial charge in [0, 0.05) is 0 Å². The van der Waals surface area contributed by atoms with Crippen molar-refractivity contribution in [2.24, 2.45) is 0 Å². The fourth-order valence-corrected chi connectivity index (χ4v) is 1.08. The number of carbonyl (C=O) groups is 1. The monoisotopic (exact) mass is 239 g/mol. The standard InChI is InChI=1S/C8H5BF5O2/c1-16-8(15)4-2-7(11)5(3-6(4)10)9(12,13)14/h2-3H,1H3/q-1. The van der Waals surface area contributed by atoms with Crippen LogP contribution in [0.5, 0.6) is 0 Å². The van der Waals surface area contributed by atoms with Crippen molar-refractivity contribution >= 4 is 18.4 Å². The lowest BCUT2D eigenvalue weighted by molar-refractivity contribution is 0.0595. The average molecular weight is 239 g/mol. The number of esters is 1. The summed E-state index contributed by atoms with van der Waals surface area (Å²) in [4.78, 5) is 10.8. The van der Waals surface area contributed by atoms with Crippen LogP contribution in [0.1, 0.15) is 10.4 Å². The predicted molar refractivity (Wildman–Crippen MR) is 46.4 cm³/mol. The van der Waals surface area contributed by atoms with Gasteiger partial charge in [-0.3, -0.25) is 0 Å². The summed E-state index contributed by atoms with van der Waals surface area (Å²) in [5.41, 5.74) is -2.58. The molecule has 2 nitrogen and oxygen atoms in total. The Kier molecular flexibility index (Phi) is 3.20. The highest BCUT2D eigenvalue weighted by atomic mass is 19.4. The van der Waals surface area contributed by atoms with Gasteiger partial charge < -0.3 is 17.7 Å². The van der Waals surface area contributed by atoms with E-state index in [2.05, 4.69) is 4.74 Å². The second-order valence-electron chi connectivity index (χ2n) is 2.92. The van der Waals surface area contributed by atoms with Crippen molar-refractivity contribution < 1.29 is 31.3 Å². The minimum atomic E-state index is -5.66. The molecule has 0 atom stereocenters. The lowest BCUT2D eigenvalue weighted by Crippen LogP contribution is -2.37. The average Bonchev–Trinajstić information content (AvgIpc) is 2.18. The van der Waals surface area contributed by atoms with E-state index < -0.39 is 35.6 Å². The zero-order valence-corrected chi connectivity index (χ0v) is 7.94. The van der Waals surface area contributed by atoms with Crippen molar-refractivity contribution in [2.45, 2.75) is 0 Å². The zero-order valence-electron chi connectivity index (χ0n) is 7.94. The molecule has 16 heavy (non-hydrogen) atoms. The highest BCUT2D eigenvalue weighted by molar-refractivity contribution is 6.73. The van der Waals surface area contributed by atoms with Crippen LogP contribution in [0.3, 0.4) is 0 Å². The Balaban J connectivity index is 3.33. The van der Waals surface area contributed by atoms with Crippen LogP contribution < -0.4 is 5.46 Å². The number of methoxy groups -OCH3 is 1. The Morgan fingerprint density at radius 3 is 2.19 bits per heavy atom. The lowest BCUT2D eigenvalue weighted by Gasteiger charge is -2.16. The molecule has 0 aliphatic carbocycles. The summed E-state index contributed by atoms with van der Waals surface area (Å²) in [6.45, 7) is -5.66. The number of ether oxygens (including phenoxy) is 1. The van der Waals surface area contributed by atoms with Crippen LogP contribution in [0, 0.1) is 11.6 Å². The van der Waals surface area contributed by atoms with Gasteiger partial charge in [-0.25, -0.2) is 13.6 Å². The molecule has 0 aromatic heterocycles. The van der Waals surface area contributed by atoms with E-state index in [0.717, 1.165) is 7.11 Å². The Morgan fingerprint density at radius 1 is 1.19 bits per heavy atom. The van der Waals surface area contributed by atoms with Gasteiger partial charge in [-0.15, -0.1) is 0 Å². The Bertz CT molecular complexity index is 429. The fourth-order valence-electron chi connectivity index (χ4n) is 1.08. The first kappa shape index (κ1) is 12.5. The zero-order chi connectivity index (χ0) is 12.5. The van der Waals surface area contributed by atoms with Gasteiger partial charge >= 0.3 is 12.9 Å². The number of carbonyl (C=O) groups excluding carboxylic acids is 1. The molecule has 0 fully saturated rings. The predicted octanol–water partition coefficient (Wildman–Crippen LogP) is 1.81. The maximum Gasteiger partial charge on any atom is 0.512 e. The normalized spacial score (nSPS) is 11.4. The summed E-state index contributed by atoms with van der Waals surface area (Å²) < 4.78 is 66.6. The maximum atomic E-state index is 13.0. The Morgan fingerprint density at radius 2 is 1.75 bits per heavy atom. The smallest absolute Gasteiger partial charge is 0.465 e. The highest BCUT2D eigenvalue weighted by Crippen LogP contribution is 2.16.